The summed E-state index contributed by atoms with van der Waals surface area (Å²) in [7, 11) is 1.21. The molecule has 0 aliphatic carbocycles. The number of amides is 2. The Hall–Kier alpha value is -3.58. The van der Waals surface area contributed by atoms with Crippen LogP contribution >= 0.6 is 11.6 Å². The summed E-state index contributed by atoms with van der Waals surface area (Å²) in [6.45, 7) is -3.55. The van der Waals surface area contributed by atoms with Crippen LogP contribution in [-0.2, 0) is 21.0 Å². The Balaban J connectivity index is 1.66. The number of nitrogens with two attached hydrogens (primary N) is 1. The number of oxime groups is 1. The number of aliphatic hydroxyl groups is 1. The number of hydrogen-bond donors (Lipinski definition) is 3. The topological polar surface area (TPSA) is 126 Å². The number of hydrogen-bond acceptors (Lipinski definition) is 6. The molecule has 2 amide bonds. The number of likely N-dealkylation sites (tertiary alicyclic amines) is 1. The zero-order valence-corrected chi connectivity index (χ0v) is 19.4. The fourth-order valence-electron chi connectivity index (χ4n) is 3.50. The van der Waals surface area contributed by atoms with Gasteiger partial charge in [0.25, 0.3) is 5.91 Å². The van der Waals surface area contributed by atoms with Gasteiger partial charge in [-0.05, 0) is 42.3 Å². The number of rotatable bonds is 9. The van der Waals surface area contributed by atoms with E-state index in [1.54, 1.807) is 0 Å². The van der Waals surface area contributed by atoms with Crippen LogP contribution in [0.4, 0.5) is 17.6 Å². The number of ether oxygens (including phenoxy) is 1. The molecule has 1 fully saturated rings. The van der Waals surface area contributed by atoms with Crippen LogP contribution < -0.4 is 15.8 Å². The highest BCUT2D eigenvalue weighted by Gasteiger charge is 2.40. The van der Waals surface area contributed by atoms with Crippen LogP contribution in [-0.4, -0.2) is 54.0 Å². The predicted molar refractivity (Wildman–Crippen MR) is 119 cm³/mol. The minimum Gasteiger partial charge on any atom is -0.435 e. The van der Waals surface area contributed by atoms with Crippen molar-refractivity contribution in [1.82, 2.24) is 10.2 Å². The van der Waals surface area contributed by atoms with Gasteiger partial charge in [-0.25, -0.2) is 8.78 Å². The van der Waals surface area contributed by atoms with Crippen LogP contribution in [0.15, 0.2) is 35.5 Å². The average Bonchev–Trinajstić information content (AvgIpc) is 2.76. The fourth-order valence-corrected chi connectivity index (χ4v) is 3.73. The summed E-state index contributed by atoms with van der Waals surface area (Å²) < 4.78 is 58.0. The Morgan fingerprint density at radius 2 is 1.92 bits per heavy atom. The highest BCUT2D eigenvalue weighted by molar-refractivity contribution is 6.30. The van der Waals surface area contributed by atoms with Gasteiger partial charge in [0.1, 0.15) is 30.5 Å². The Morgan fingerprint density at radius 1 is 1.25 bits per heavy atom. The number of aliphatic hydroxyl groups excluding tert-OH is 1. The minimum atomic E-state index is -3.14. The monoisotopic (exact) mass is 532 g/mol. The normalized spacial score (nSPS) is 16.4. The highest BCUT2D eigenvalue weighted by atomic mass is 35.5. The molecule has 14 heteroatoms. The van der Waals surface area contributed by atoms with Gasteiger partial charge < -0.3 is 30.6 Å². The predicted octanol–water partition coefficient (Wildman–Crippen LogP) is 2.44. The number of carbonyl (C=O) groups excluding carboxylic acids is 2. The summed E-state index contributed by atoms with van der Waals surface area (Å²) in [5, 5.41) is 16.1. The van der Waals surface area contributed by atoms with Gasteiger partial charge in [-0.3, -0.25) is 9.59 Å². The highest BCUT2D eigenvalue weighted by Crippen LogP contribution is 2.30. The van der Waals surface area contributed by atoms with Gasteiger partial charge in [0.15, 0.2) is 11.9 Å². The van der Waals surface area contributed by atoms with E-state index in [2.05, 4.69) is 20.0 Å². The van der Waals surface area contributed by atoms with Crippen LogP contribution in [0, 0.1) is 11.6 Å². The second-order valence-corrected chi connectivity index (χ2v) is 8.07. The molecule has 0 spiro atoms. The molecule has 3 rings (SSSR count). The van der Waals surface area contributed by atoms with Gasteiger partial charge in [-0.2, -0.15) is 8.78 Å². The van der Waals surface area contributed by atoms with Gasteiger partial charge in [0.05, 0.1) is 0 Å². The van der Waals surface area contributed by atoms with Crippen molar-refractivity contribution < 1.29 is 41.8 Å². The second kappa shape index (κ2) is 11.4. The smallest absolute Gasteiger partial charge is 0.387 e. The van der Waals surface area contributed by atoms with Crippen LogP contribution in [0.2, 0.25) is 5.02 Å². The zero-order valence-electron chi connectivity index (χ0n) is 18.7. The van der Waals surface area contributed by atoms with Crippen LogP contribution in [0.25, 0.3) is 0 Å². The van der Waals surface area contributed by atoms with Gasteiger partial charge in [0.2, 0.25) is 5.91 Å². The molecule has 2 aromatic rings. The van der Waals surface area contributed by atoms with Crippen molar-refractivity contribution in [3.8, 4) is 5.75 Å². The number of nitrogens with one attached hydrogen (secondary N) is 1. The van der Waals surface area contributed by atoms with E-state index in [1.165, 1.54) is 13.2 Å². The summed E-state index contributed by atoms with van der Waals surface area (Å²) in [6.07, 6.45) is -1.59. The molecule has 2 aromatic carbocycles. The molecule has 9 nitrogen and oxygen atoms in total. The first kappa shape index (κ1) is 27.0. The molecule has 0 aromatic heterocycles. The van der Waals surface area contributed by atoms with E-state index in [0.717, 1.165) is 29.2 Å². The lowest BCUT2D eigenvalue weighted by atomic mass is 9.98. The van der Waals surface area contributed by atoms with Gasteiger partial charge in [-0.1, -0.05) is 16.8 Å². The summed E-state index contributed by atoms with van der Waals surface area (Å²) in [5.41, 5.74) is 4.92. The first-order valence-corrected chi connectivity index (χ1v) is 10.8. The van der Waals surface area contributed by atoms with Crippen LogP contribution in [0.3, 0.4) is 0 Å². The molecule has 2 atom stereocenters. The first-order chi connectivity index (χ1) is 17.0. The quantitative estimate of drug-likeness (QED) is 0.197. The van der Waals surface area contributed by atoms with E-state index in [4.69, 9.17) is 17.3 Å². The van der Waals surface area contributed by atoms with Crippen molar-refractivity contribution in [1.29, 1.82) is 0 Å². The largest absolute Gasteiger partial charge is 0.435 e. The van der Waals surface area contributed by atoms with Gasteiger partial charge in [-0.15, -0.1) is 0 Å². The average molecular weight is 533 g/mol. The number of alkyl halides is 2. The van der Waals surface area contributed by atoms with Crippen molar-refractivity contribution in [2.45, 2.75) is 31.7 Å². The van der Waals surface area contributed by atoms with Crippen molar-refractivity contribution >= 4 is 29.3 Å². The van der Waals surface area contributed by atoms with Crippen LogP contribution in [0.1, 0.15) is 29.2 Å². The molecular weight excluding hydrogens is 512 g/mol. The summed E-state index contributed by atoms with van der Waals surface area (Å²) >= 11 is 5.85. The van der Waals surface area contributed by atoms with Crippen molar-refractivity contribution in [3.05, 3.63) is 63.7 Å². The molecule has 1 heterocycles. The van der Waals surface area contributed by atoms with E-state index in [-0.39, 0.29) is 40.7 Å². The SMILES string of the molecule is CO/N=C(\N)c1cc(F)c(CNC(=O)C2CCN2C(=O)[C@H](O)c2cc(Cl)cc(OC(F)F)c2)c(F)c1. The maximum absolute atomic E-state index is 14.4. The Morgan fingerprint density at radius 3 is 2.47 bits per heavy atom. The molecular formula is C22H21ClF4N4O5. The first-order valence-electron chi connectivity index (χ1n) is 10.4. The molecule has 1 aliphatic heterocycles. The number of benzene rings is 2. The van der Waals surface area contributed by atoms with E-state index in [1.807, 2.05) is 0 Å². The lowest BCUT2D eigenvalue weighted by molar-refractivity contribution is -0.154. The van der Waals surface area contributed by atoms with Crippen molar-refractivity contribution in [2.75, 3.05) is 13.7 Å². The summed E-state index contributed by atoms with van der Waals surface area (Å²) in [4.78, 5) is 30.8. The number of nitrogens with zero attached hydrogens (tertiary/aromatic N) is 2. The molecule has 36 heavy (non-hydrogen) atoms. The zero-order chi connectivity index (χ0) is 26.6. The van der Waals surface area contributed by atoms with E-state index in [0.29, 0.717) is 0 Å². The standard InChI is InChI=1S/C22H21ClF4N4O5/c1-35-30-19(28)11-6-15(24)14(16(25)7-11)9-29-20(33)17-2-3-31(17)21(34)18(32)10-4-12(23)8-13(5-10)36-22(26)27/h4-8,17-18,22,32H,2-3,9H2,1H3,(H2,28,30)(H,29,33)/t17?,18-/m1/s1. The molecule has 0 radical (unpaired) electrons. The van der Waals surface area contributed by atoms with Crippen LogP contribution in [0.5, 0.6) is 5.75 Å². The molecule has 1 aliphatic rings. The van der Waals surface area contributed by atoms with Gasteiger partial charge >= 0.3 is 6.61 Å². The van der Waals surface area contributed by atoms with E-state index < -0.39 is 54.3 Å². The van der Waals surface area contributed by atoms with E-state index >= 15 is 0 Å². The molecule has 4 N–H and O–H groups in total. The minimum absolute atomic E-state index is 0.0572. The number of carbonyl (C=O) groups is 2. The summed E-state index contributed by atoms with van der Waals surface area (Å²) in [5.74, 6) is -4.18. The molecule has 0 saturated carbocycles. The Bertz CT molecular complexity index is 1160. The Kier molecular flexibility index (Phi) is 8.58. The van der Waals surface area contributed by atoms with E-state index in [9.17, 15) is 32.3 Å². The lowest BCUT2D eigenvalue weighted by Gasteiger charge is -2.40. The number of halogens is 5. The van der Waals surface area contributed by atoms with Crippen molar-refractivity contribution in [3.63, 3.8) is 0 Å². The number of amidine groups is 1. The lowest BCUT2D eigenvalue weighted by Crippen LogP contribution is -2.59. The molecule has 0 bridgehead atoms. The third-order valence-electron chi connectivity index (χ3n) is 5.34. The molecule has 194 valence electrons. The molecule has 1 unspecified atom stereocenters. The summed E-state index contributed by atoms with van der Waals surface area (Å²) in [6, 6.07) is 4.13. The second-order valence-electron chi connectivity index (χ2n) is 7.63. The van der Waals surface area contributed by atoms with Crippen molar-refractivity contribution in [2.24, 2.45) is 10.9 Å². The third-order valence-corrected chi connectivity index (χ3v) is 5.56. The van der Waals surface area contributed by atoms with Gasteiger partial charge in [0, 0.05) is 29.2 Å². The maximum Gasteiger partial charge on any atom is 0.387 e. The maximum atomic E-state index is 14.4. The molecule has 1 saturated heterocycles. The Labute approximate surface area is 207 Å². The fraction of sp³-hybridized carbons (Fsp3) is 0.318. The third kappa shape index (κ3) is 6.15.